The van der Waals surface area contributed by atoms with Crippen molar-refractivity contribution in [2.45, 2.75) is 0 Å². The number of carbonyl (C=O) groups is 1. The summed E-state index contributed by atoms with van der Waals surface area (Å²) in [5.74, 6) is 0.958. The van der Waals surface area contributed by atoms with Crippen LogP contribution in [0.3, 0.4) is 0 Å². The Labute approximate surface area is 160 Å². The van der Waals surface area contributed by atoms with Crippen LogP contribution in [0.5, 0.6) is 17.2 Å². The molecule has 7 nitrogen and oxygen atoms in total. The highest BCUT2D eigenvalue weighted by molar-refractivity contribution is 5.91. The molecule has 0 unspecified atom stereocenters. The first-order valence-corrected chi connectivity index (χ1v) is 7.82. The number of hydrogen-bond donors (Lipinski definition) is 2. The minimum atomic E-state index is -0.382. The fourth-order valence-electron chi connectivity index (χ4n) is 2.70. The molecule has 0 aromatic heterocycles. The Morgan fingerprint density at radius 1 is 1.04 bits per heavy atom. The van der Waals surface area contributed by atoms with Crippen molar-refractivity contribution in [1.29, 1.82) is 0 Å². The van der Waals surface area contributed by atoms with Crippen LogP contribution in [0.2, 0.25) is 0 Å². The van der Waals surface area contributed by atoms with Gasteiger partial charge < -0.3 is 54.0 Å². The van der Waals surface area contributed by atoms with Gasteiger partial charge in [0.2, 0.25) is 5.75 Å². The van der Waals surface area contributed by atoms with Gasteiger partial charge >= 0.3 is 5.97 Å². The molecule has 1 aliphatic rings. The lowest BCUT2D eigenvalue weighted by atomic mass is 10.2. The maximum absolute atomic E-state index is 12.2. The maximum Gasteiger partial charge on any atom is 0.338 e. The quantitative estimate of drug-likeness (QED) is 0.448. The Morgan fingerprint density at radius 3 is 2.08 bits per heavy atom. The van der Waals surface area contributed by atoms with E-state index in [9.17, 15) is 4.79 Å². The predicted molar refractivity (Wildman–Crippen MR) is 83.6 cm³/mol. The van der Waals surface area contributed by atoms with Gasteiger partial charge in [0.1, 0.15) is 39.3 Å². The molecule has 1 heterocycles. The molecule has 1 fully saturated rings. The Kier molecular flexibility index (Phi) is 11.3. The molecule has 3 N–H and O–H groups in total. The van der Waals surface area contributed by atoms with Gasteiger partial charge in [0.15, 0.2) is 11.5 Å². The first kappa shape index (κ1) is 23.6. The standard InChI is InChI=1S/C16H24N2O5.2ClH/c1-20-13-10-12(11-14(21-2)15(13)22-3)16(19)23-9-8-18-6-4-17-5-7-18;;/h10-11,17H,4-9H2,1-3H3;2*1H. The molecule has 2 rings (SSSR count). The van der Waals surface area contributed by atoms with E-state index in [2.05, 4.69) is 5.32 Å². The number of nitrogens with one attached hydrogen (secondary N) is 1. The van der Waals surface area contributed by atoms with Crippen molar-refractivity contribution in [3.8, 4) is 17.2 Å². The summed E-state index contributed by atoms with van der Waals surface area (Å²) < 4.78 is 21.1. The number of halogens is 2. The normalized spacial score (nSPS) is 13.9. The van der Waals surface area contributed by atoms with Crippen LogP contribution in [0, 0.1) is 0 Å². The van der Waals surface area contributed by atoms with Gasteiger partial charge in [0.05, 0.1) is 26.9 Å². The zero-order valence-corrected chi connectivity index (χ0v) is 16.3. The van der Waals surface area contributed by atoms with E-state index < -0.39 is 0 Å². The van der Waals surface area contributed by atoms with E-state index in [1.807, 2.05) is 0 Å². The lowest BCUT2D eigenvalue weighted by Gasteiger charge is -2.21. The number of rotatable bonds is 7. The summed E-state index contributed by atoms with van der Waals surface area (Å²) in [6, 6.07) is 3.21. The van der Waals surface area contributed by atoms with E-state index in [0.29, 0.717) is 29.4 Å². The van der Waals surface area contributed by atoms with Gasteiger partial charge in [-0.25, -0.2) is 4.79 Å². The molecule has 1 aromatic carbocycles. The molecule has 0 spiro atoms. The number of carbonyl (C=O) groups excluding carboxylic acids is 1. The van der Waals surface area contributed by atoms with Crippen LogP contribution in [0.15, 0.2) is 12.1 Å². The van der Waals surface area contributed by atoms with E-state index in [4.69, 9.17) is 18.9 Å². The van der Waals surface area contributed by atoms with Gasteiger partial charge in [-0.15, -0.1) is 0 Å². The van der Waals surface area contributed by atoms with Crippen LogP contribution in [-0.2, 0) is 4.74 Å². The number of nitrogens with two attached hydrogens (primary N) is 1. The third-order valence-electron chi connectivity index (χ3n) is 3.99. The molecule has 0 aliphatic carbocycles. The van der Waals surface area contributed by atoms with E-state index >= 15 is 0 Å². The smallest absolute Gasteiger partial charge is 0.338 e. The molecule has 1 aliphatic heterocycles. The highest BCUT2D eigenvalue weighted by Crippen LogP contribution is 2.38. The highest BCUT2D eigenvalue weighted by Gasteiger charge is 2.19. The molecule has 0 radical (unpaired) electrons. The van der Waals surface area contributed by atoms with Crippen LogP contribution < -0.4 is 49.2 Å². The fraction of sp³-hybridized carbons (Fsp3) is 0.562. The molecule has 144 valence electrons. The van der Waals surface area contributed by atoms with E-state index in [0.717, 1.165) is 32.7 Å². The Hall–Kier alpha value is -1.41. The topological polar surface area (TPSA) is 75.0 Å². The zero-order valence-electron chi connectivity index (χ0n) is 14.8. The van der Waals surface area contributed by atoms with Crippen LogP contribution in [0.4, 0.5) is 0 Å². The number of esters is 1. The molecule has 0 bridgehead atoms. The second kappa shape index (κ2) is 12.0. The number of piperazine rings is 1. The second-order valence-corrected chi connectivity index (χ2v) is 5.42. The number of benzene rings is 1. The fourth-order valence-corrected chi connectivity index (χ4v) is 2.70. The average molecular weight is 397 g/mol. The zero-order chi connectivity index (χ0) is 16.7. The Bertz CT molecular complexity index is 514. The maximum atomic E-state index is 12.2. The lowest BCUT2D eigenvalue weighted by molar-refractivity contribution is -0.946. The van der Waals surface area contributed by atoms with Crippen LogP contribution >= 0.6 is 0 Å². The van der Waals surface area contributed by atoms with Crippen molar-refractivity contribution in [3.05, 3.63) is 17.7 Å². The van der Waals surface area contributed by atoms with Gasteiger partial charge in [-0.2, -0.15) is 0 Å². The van der Waals surface area contributed by atoms with Gasteiger partial charge in [-0.05, 0) is 12.1 Å². The van der Waals surface area contributed by atoms with Crippen LogP contribution in [-0.4, -0.2) is 66.6 Å². The first-order valence-electron chi connectivity index (χ1n) is 7.82. The minimum absolute atomic E-state index is 0. The van der Waals surface area contributed by atoms with Crippen molar-refractivity contribution < 1.29 is 58.8 Å². The molecular formula is C16H26Cl2N2O5. The van der Waals surface area contributed by atoms with Gasteiger partial charge in [-0.3, -0.25) is 0 Å². The second-order valence-electron chi connectivity index (χ2n) is 5.42. The predicted octanol–water partition coefficient (Wildman–Crippen LogP) is -7.66. The monoisotopic (exact) mass is 396 g/mol. The summed E-state index contributed by atoms with van der Waals surface area (Å²) in [5, 5.41) is 2.31. The average Bonchev–Trinajstić information content (AvgIpc) is 2.61. The van der Waals surface area contributed by atoms with Crippen LogP contribution in [0.1, 0.15) is 10.4 Å². The SMILES string of the molecule is COc1cc(C(=O)OCC[NH+]2CC[NH2+]CC2)cc(OC)c1OC.[Cl-].[Cl-]. The van der Waals surface area contributed by atoms with Gasteiger partial charge in [0.25, 0.3) is 0 Å². The lowest BCUT2D eigenvalue weighted by Crippen LogP contribution is -3.20. The molecule has 1 saturated heterocycles. The summed E-state index contributed by atoms with van der Waals surface area (Å²) in [6.07, 6.45) is 0. The molecule has 1 aromatic rings. The molecule has 0 amide bonds. The summed E-state index contributed by atoms with van der Waals surface area (Å²) in [4.78, 5) is 13.7. The summed E-state index contributed by atoms with van der Waals surface area (Å²) in [7, 11) is 4.56. The third kappa shape index (κ3) is 6.43. The number of hydrogen-bond acceptors (Lipinski definition) is 5. The van der Waals surface area contributed by atoms with Crippen LogP contribution in [0.25, 0.3) is 0 Å². The first-order chi connectivity index (χ1) is 11.2. The van der Waals surface area contributed by atoms with Gasteiger partial charge in [0, 0.05) is 0 Å². The Morgan fingerprint density at radius 2 is 1.60 bits per heavy atom. The number of quaternary nitrogens is 2. The van der Waals surface area contributed by atoms with Crippen molar-refractivity contribution in [2.24, 2.45) is 0 Å². The van der Waals surface area contributed by atoms with E-state index in [-0.39, 0.29) is 30.8 Å². The van der Waals surface area contributed by atoms with Crippen molar-refractivity contribution in [2.75, 3.05) is 60.7 Å². The van der Waals surface area contributed by atoms with Crippen molar-refractivity contribution in [1.82, 2.24) is 0 Å². The third-order valence-corrected chi connectivity index (χ3v) is 3.99. The minimum Gasteiger partial charge on any atom is -1.00 e. The van der Waals surface area contributed by atoms with Crippen molar-refractivity contribution in [3.63, 3.8) is 0 Å². The summed E-state index contributed by atoms with van der Waals surface area (Å²) >= 11 is 0. The Balaban J connectivity index is 0.00000288. The van der Waals surface area contributed by atoms with E-state index in [1.54, 1.807) is 12.1 Å². The summed E-state index contributed by atoms with van der Waals surface area (Å²) in [6.45, 7) is 5.74. The van der Waals surface area contributed by atoms with E-state index in [1.165, 1.54) is 26.2 Å². The molecule has 25 heavy (non-hydrogen) atoms. The summed E-state index contributed by atoms with van der Waals surface area (Å²) in [5.41, 5.74) is 0.390. The molecule has 0 saturated carbocycles. The molecular weight excluding hydrogens is 371 g/mol. The molecule has 9 heteroatoms. The number of ether oxygens (including phenoxy) is 4. The van der Waals surface area contributed by atoms with Gasteiger partial charge in [-0.1, -0.05) is 0 Å². The highest BCUT2D eigenvalue weighted by atomic mass is 35.5. The largest absolute Gasteiger partial charge is 1.00 e. The number of methoxy groups -OCH3 is 3. The van der Waals surface area contributed by atoms with Crippen molar-refractivity contribution >= 4 is 5.97 Å². The molecule has 0 atom stereocenters.